The highest BCUT2D eigenvalue weighted by Gasteiger charge is 2.37. The molecule has 11 nitrogen and oxygen atoms in total. The zero-order valence-corrected chi connectivity index (χ0v) is 42.1. The van der Waals surface area contributed by atoms with Gasteiger partial charge in [0.05, 0.1) is 66.5 Å². The smallest absolute Gasteiger partial charge is 0.147 e. The van der Waals surface area contributed by atoms with E-state index in [1.54, 1.807) is 12.1 Å². The van der Waals surface area contributed by atoms with Crippen LogP contribution in [-0.2, 0) is 13.1 Å². The van der Waals surface area contributed by atoms with E-state index in [4.69, 9.17) is 28.9 Å². The number of hydrogen-bond donors (Lipinski definition) is 0. The van der Waals surface area contributed by atoms with Crippen molar-refractivity contribution in [2.45, 2.75) is 78.6 Å². The standard InChI is InChI=1S/C60H66FN7O4/c1-5-69-55-37-43(38-56(70-6-2)59(55)45-19-21-46(61)22-20-45)41-64-33-25-47(26-34-64)67(53-23-29-62-51-17-11-9-15-49(51)53)68(54-24-30-63-52-18-12-10-16-50(52)54)48-27-35-65(36-28-48)42-44-39-57(71-7-3)60(58(40-44)72-8-4)66-31-13-14-32-66/h9-24,29-32,37-40,47-48H,5-8,25-28,33-36,41-42H2,1-4H3. The summed E-state index contributed by atoms with van der Waals surface area (Å²) in [7, 11) is 0. The van der Waals surface area contributed by atoms with Crippen LogP contribution >= 0.6 is 0 Å². The summed E-state index contributed by atoms with van der Waals surface area (Å²) in [5.74, 6) is 2.88. The van der Waals surface area contributed by atoms with Crippen molar-refractivity contribution < 1.29 is 23.3 Å². The molecule has 2 fully saturated rings. The van der Waals surface area contributed by atoms with Crippen molar-refractivity contribution in [1.82, 2.24) is 24.3 Å². The fraction of sp³-hybridized carbons (Fsp3) is 0.333. The third-order valence-corrected chi connectivity index (χ3v) is 14.0. The first-order valence-electron chi connectivity index (χ1n) is 25.9. The molecular weight excluding hydrogens is 902 g/mol. The molecule has 0 aliphatic carbocycles. The SMILES string of the molecule is CCOc1cc(CN2CCC(N(c3ccnc4ccccc34)N(c3ccnc4ccccc34)C3CCN(Cc4cc(OCC)c(-n5cccc5)c(OCC)c4)CC3)CC2)cc(OCC)c1-c1ccc(F)cc1. The Bertz CT molecular complexity index is 3000. The molecule has 8 aromatic rings. The predicted octanol–water partition coefficient (Wildman–Crippen LogP) is 12.5. The van der Waals surface area contributed by atoms with E-state index < -0.39 is 0 Å². The third kappa shape index (κ3) is 10.4. The molecular formula is C60H66FN7O4. The summed E-state index contributed by atoms with van der Waals surface area (Å²) in [5.41, 5.74) is 9.24. The van der Waals surface area contributed by atoms with Crippen LogP contribution in [0, 0.1) is 5.82 Å². The lowest BCUT2D eigenvalue weighted by atomic mass is 9.98. The highest BCUT2D eigenvalue weighted by atomic mass is 19.1. The van der Waals surface area contributed by atoms with E-state index in [0.717, 1.165) is 138 Å². The molecule has 3 aromatic heterocycles. The van der Waals surface area contributed by atoms with E-state index >= 15 is 0 Å². The maximum Gasteiger partial charge on any atom is 0.147 e. The quantitative estimate of drug-likeness (QED) is 0.0731. The monoisotopic (exact) mass is 968 g/mol. The number of benzene rings is 5. The Kier molecular flexibility index (Phi) is 15.2. The number of aromatic nitrogens is 3. The largest absolute Gasteiger partial charge is 0.493 e. The molecule has 0 bridgehead atoms. The Morgan fingerprint density at radius 3 is 1.38 bits per heavy atom. The van der Waals surface area contributed by atoms with Crippen molar-refractivity contribution in [1.29, 1.82) is 0 Å². The minimum Gasteiger partial charge on any atom is -0.493 e. The van der Waals surface area contributed by atoms with Gasteiger partial charge in [-0.15, -0.1) is 0 Å². The minimum absolute atomic E-state index is 0.184. The van der Waals surface area contributed by atoms with E-state index in [9.17, 15) is 4.39 Å². The summed E-state index contributed by atoms with van der Waals surface area (Å²) in [6, 6.07) is 41.2. The van der Waals surface area contributed by atoms with Gasteiger partial charge in [0.1, 0.15) is 34.5 Å². The van der Waals surface area contributed by atoms with Crippen LogP contribution in [0.4, 0.5) is 15.8 Å². The summed E-state index contributed by atoms with van der Waals surface area (Å²) in [6.45, 7) is 15.4. The highest BCUT2D eigenvalue weighted by molar-refractivity contribution is 5.96. The fourth-order valence-electron chi connectivity index (χ4n) is 10.9. The van der Waals surface area contributed by atoms with E-state index in [1.165, 1.54) is 23.4 Å². The number of ether oxygens (including phenoxy) is 4. The summed E-state index contributed by atoms with van der Waals surface area (Å²) in [4.78, 5) is 14.9. The first-order valence-corrected chi connectivity index (χ1v) is 25.9. The summed E-state index contributed by atoms with van der Waals surface area (Å²) in [6.07, 6.45) is 11.9. The van der Waals surface area contributed by atoms with Gasteiger partial charge in [0.15, 0.2) is 0 Å². The van der Waals surface area contributed by atoms with Gasteiger partial charge >= 0.3 is 0 Å². The molecule has 5 aromatic carbocycles. The van der Waals surface area contributed by atoms with Gasteiger partial charge in [-0.05, 0) is 143 Å². The molecule has 72 heavy (non-hydrogen) atoms. The summed E-state index contributed by atoms with van der Waals surface area (Å²) >= 11 is 0. The number of hydrazine groups is 1. The Balaban J connectivity index is 0.963. The second-order valence-corrected chi connectivity index (χ2v) is 18.6. The van der Waals surface area contributed by atoms with E-state index in [-0.39, 0.29) is 17.9 Å². The lowest BCUT2D eigenvalue weighted by molar-refractivity contribution is 0.183. The number of pyridine rings is 2. The first-order chi connectivity index (χ1) is 35.4. The zero-order chi connectivity index (χ0) is 49.4. The fourth-order valence-corrected chi connectivity index (χ4v) is 10.9. The van der Waals surface area contributed by atoms with Gasteiger partial charge in [-0.2, -0.15) is 0 Å². The molecule has 0 spiro atoms. The molecule has 0 unspecified atom stereocenters. The molecule has 5 heterocycles. The molecule has 2 saturated heterocycles. The van der Waals surface area contributed by atoms with Gasteiger partial charge in [-0.1, -0.05) is 48.5 Å². The zero-order valence-electron chi connectivity index (χ0n) is 42.1. The van der Waals surface area contributed by atoms with Crippen LogP contribution in [0.3, 0.4) is 0 Å². The van der Waals surface area contributed by atoms with Gasteiger partial charge in [-0.25, -0.2) is 4.39 Å². The Labute approximate surface area is 423 Å². The van der Waals surface area contributed by atoms with Crippen LogP contribution in [0.25, 0.3) is 38.6 Å². The van der Waals surface area contributed by atoms with Crippen LogP contribution in [0.1, 0.15) is 64.5 Å². The molecule has 2 aliphatic rings. The van der Waals surface area contributed by atoms with Crippen molar-refractivity contribution in [2.75, 3.05) is 62.6 Å². The van der Waals surface area contributed by atoms with Gasteiger partial charge in [0, 0.05) is 74.8 Å². The normalized spacial score (nSPS) is 15.0. The van der Waals surface area contributed by atoms with E-state index in [2.05, 4.69) is 109 Å². The van der Waals surface area contributed by atoms with Gasteiger partial charge in [-0.3, -0.25) is 29.8 Å². The van der Waals surface area contributed by atoms with Crippen LogP contribution in [-0.4, -0.2) is 89.0 Å². The molecule has 0 atom stereocenters. The van der Waals surface area contributed by atoms with Gasteiger partial charge in [0.25, 0.3) is 0 Å². The lowest BCUT2D eigenvalue weighted by Gasteiger charge is -2.51. The number of para-hydroxylation sites is 2. The number of nitrogens with zero attached hydrogens (tertiary/aromatic N) is 7. The first kappa shape index (κ1) is 48.5. The number of fused-ring (bicyclic) bond motifs is 2. The maximum absolute atomic E-state index is 14.0. The summed E-state index contributed by atoms with van der Waals surface area (Å²) in [5, 5.41) is 7.59. The van der Waals surface area contributed by atoms with Crippen molar-refractivity contribution in [3.63, 3.8) is 0 Å². The molecule has 2 aliphatic heterocycles. The van der Waals surface area contributed by atoms with Crippen molar-refractivity contribution in [3.8, 4) is 39.8 Å². The average molecular weight is 968 g/mol. The minimum atomic E-state index is -0.274. The Hall–Kier alpha value is -7.15. The number of anilines is 2. The molecule has 372 valence electrons. The lowest BCUT2D eigenvalue weighted by Crippen LogP contribution is -2.59. The number of piperidine rings is 2. The summed E-state index contributed by atoms with van der Waals surface area (Å²) < 4.78 is 41.3. The number of halogens is 1. The molecule has 0 saturated carbocycles. The topological polar surface area (TPSA) is 80.6 Å². The number of hydrogen-bond acceptors (Lipinski definition) is 10. The molecule has 0 amide bonds. The molecule has 10 rings (SSSR count). The second-order valence-electron chi connectivity index (χ2n) is 18.6. The van der Waals surface area contributed by atoms with Crippen molar-refractivity contribution in [3.05, 3.63) is 163 Å². The molecule has 0 N–H and O–H groups in total. The number of likely N-dealkylation sites (tertiary alicyclic amines) is 2. The van der Waals surface area contributed by atoms with E-state index in [1.807, 2.05) is 64.6 Å². The molecule has 0 radical (unpaired) electrons. The van der Waals surface area contributed by atoms with E-state index in [0.29, 0.717) is 26.4 Å². The molecule has 12 heteroatoms. The predicted molar refractivity (Wildman–Crippen MR) is 287 cm³/mol. The van der Waals surface area contributed by atoms with Crippen LogP contribution in [0.15, 0.2) is 146 Å². The van der Waals surface area contributed by atoms with Crippen LogP contribution in [0.5, 0.6) is 23.0 Å². The van der Waals surface area contributed by atoms with Gasteiger partial charge < -0.3 is 23.5 Å². The third-order valence-electron chi connectivity index (χ3n) is 14.0. The van der Waals surface area contributed by atoms with Crippen LogP contribution < -0.4 is 29.0 Å². The van der Waals surface area contributed by atoms with Crippen molar-refractivity contribution >= 4 is 33.2 Å². The Morgan fingerprint density at radius 2 is 0.931 bits per heavy atom. The van der Waals surface area contributed by atoms with Crippen molar-refractivity contribution in [2.24, 2.45) is 0 Å². The number of rotatable bonds is 19. The highest BCUT2D eigenvalue weighted by Crippen LogP contribution is 2.43. The average Bonchev–Trinajstić information content (AvgIpc) is 3.94. The maximum atomic E-state index is 14.0. The Morgan fingerprint density at radius 1 is 0.514 bits per heavy atom. The second kappa shape index (κ2) is 22.5. The van der Waals surface area contributed by atoms with Gasteiger partial charge in [0.2, 0.25) is 0 Å². The van der Waals surface area contributed by atoms with Crippen LogP contribution in [0.2, 0.25) is 0 Å².